The second-order valence-corrected chi connectivity index (χ2v) is 11.6. The summed E-state index contributed by atoms with van der Waals surface area (Å²) in [5.41, 5.74) is 10.4. The van der Waals surface area contributed by atoms with Crippen LogP contribution < -0.4 is 21.1 Å². The lowest BCUT2D eigenvalue weighted by molar-refractivity contribution is 0.0594. The van der Waals surface area contributed by atoms with Gasteiger partial charge in [0.25, 0.3) is 11.8 Å². The summed E-state index contributed by atoms with van der Waals surface area (Å²) in [7, 11) is 1.26. The van der Waals surface area contributed by atoms with Crippen LogP contribution in [0.4, 0.5) is 5.69 Å². The van der Waals surface area contributed by atoms with E-state index in [2.05, 4.69) is 21.7 Å². The van der Waals surface area contributed by atoms with Crippen molar-refractivity contribution < 1.29 is 23.9 Å². The molecule has 0 spiro atoms. The number of methoxy groups -OCH3 is 1. The van der Waals surface area contributed by atoms with Gasteiger partial charge in [-0.2, -0.15) is 0 Å². The zero-order chi connectivity index (χ0) is 29.9. The number of benzene rings is 2. The number of hydrogen-bond donors (Lipinski definition) is 3. The molecule has 0 bridgehead atoms. The van der Waals surface area contributed by atoms with Gasteiger partial charge in [-0.05, 0) is 71.8 Å². The molecule has 10 heteroatoms. The molecule has 6 rings (SSSR count). The normalized spacial score (nSPS) is 14.2. The molecule has 1 aliphatic carbocycles. The zero-order valence-electron chi connectivity index (χ0n) is 23.8. The number of hydrogen-bond acceptors (Lipinski definition) is 8. The number of ether oxygens (including phenoxy) is 2. The second-order valence-electron chi connectivity index (χ2n) is 10.7. The van der Waals surface area contributed by atoms with Crippen LogP contribution in [0.1, 0.15) is 68.1 Å². The quantitative estimate of drug-likeness (QED) is 0.237. The van der Waals surface area contributed by atoms with Crippen LogP contribution in [0, 0.1) is 0 Å². The van der Waals surface area contributed by atoms with E-state index in [9.17, 15) is 14.4 Å². The van der Waals surface area contributed by atoms with Crippen LogP contribution in [0.5, 0.6) is 5.75 Å². The fourth-order valence-corrected chi connectivity index (χ4v) is 6.61. The molecule has 0 radical (unpaired) electrons. The molecule has 1 fully saturated rings. The number of aromatic nitrogens is 1. The number of carbonyl (C=O) groups is 3. The molecule has 1 saturated carbocycles. The number of carbonyl (C=O) groups excluding carboxylic acids is 3. The SMILES string of the molecule is COC(=O)c1nc(C(=O)NC2CCCC2)ccc1-c1cc2c(cc1C(=O)Nc1ccc(CN)cc1)-c1sccc1CCO2. The Balaban J connectivity index is 1.46. The highest BCUT2D eigenvalue weighted by molar-refractivity contribution is 7.13. The Hall–Kier alpha value is -4.54. The predicted molar refractivity (Wildman–Crippen MR) is 166 cm³/mol. The first-order valence-electron chi connectivity index (χ1n) is 14.3. The standard InChI is InChI=1S/C33H32N4O5S/c1-41-33(40)29-23(10-11-27(37-29)32(39)36-21-4-2-3-5-21)24-17-28-26(30-20(12-14-42-28)13-15-43-30)16-25(24)31(38)35-22-8-6-19(18-34)7-9-22/h6-11,13,15-17,21H,2-5,12,14,18,34H2,1H3,(H,35,38)(H,36,39). The van der Waals surface area contributed by atoms with Crippen molar-refractivity contribution in [2.24, 2.45) is 5.73 Å². The number of thiophene rings is 1. The maximum absolute atomic E-state index is 13.9. The summed E-state index contributed by atoms with van der Waals surface area (Å²) in [5, 5.41) is 8.02. The zero-order valence-corrected chi connectivity index (χ0v) is 24.6. The second kappa shape index (κ2) is 12.4. The lowest BCUT2D eigenvalue weighted by Crippen LogP contribution is -2.33. The highest BCUT2D eigenvalue weighted by Gasteiger charge is 2.27. The smallest absolute Gasteiger partial charge is 0.357 e. The minimum Gasteiger partial charge on any atom is -0.493 e. The van der Waals surface area contributed by atoms with Gasteiger partial charge < -0.3 is 25.8 Å². The number of rotatable bonds is 7. The summed E-state index contributed by atoms with van der Waals surface area (Å²) >= 11 is 1.59. The van der Waals surface area contributed by atoms with Crippen molar-refractivity contribution in [3.05, 3.63) is 88.1 Å². The van der Waals surface area contributed by atoms with Crippen LogP contribution in [-0.2, 0) is 17.7 Å². The third-order valence-electron chi connectivity index (χ3n) is 7.92. The van der Waals surface area contributed by atoms with E-state index in [-0.39, 0.29) is 29.2 Å². The van der Waals surface area contributed by atoms with Crippen molar-refractivity contribution in [2.75, 3.05) is 19.0 Å². The molecule has 220 valence electrons. The van der Waals surface area contributed by atoms with Crippen LogP contribution in [0.25, 0.3) is 21.6 Å². The Morgan fingerprint density at radius 3 is 2.53 bits per heavy atom. The highest BCUT2D eigenvalue weighted by atomic mass is 32.1. The summed E-state index contributed by atoms with van der Waals surface area (Å²) in [5.74, 6) is -0.845. The average molecular weight is 597 g/mol. The lowest BCUT2D eigenvalue weighted by Gasteiger charge is -2.18. The minimum atomic E-state index is -0.717. The van der Waals surface area contributed by atoms with Crippen molar-refractivity contribution in [1.29, 1.82) is 0 Å². The maximum atomic E-state index is 13.9. The van der Waals surface area contributed by atoms with Crippen LogP contribution in [0.2, 0.25) is 0 Å². The maximum Gasteiger partial charge on any atom is 0.357 e. The monoisotopic (exact) mass is 596 g/mol. The fraction of sp³-hybridized carbons (Fsp3) is 0.273. The van der Waals surface area contributed by atoms with Crippen molar-refractivity contribution >= 4 is 34.8 Å². The first-order valence-corrected chi connectivity index (χ1v) is 15.2. The number of fused-ring (bicyclic) bond motifs is 3. The molecular formula is C33H32N4O5S. The van der Waals surface area contributed by atoms with E-state index in [0.717, 1.165) is 53.7 Å². The number of amides is 2. The largest absolute Gasteiger partial charge is 0.493 e. The Bertz CT molecular complexity index is 1690. The molecule has 2 aliphatic rings. The van der Waals surface area contributed by atoms with E-state index in [1.54, 1.807) is 47.7 Å². The molecule has 4 N–H and O–H groups in total. The van der Waals surface area contributed by atoms with Gasteiger partial charge in [0.15, 0.2) is 5.69 Å². The summed E-state index contributed by atoms with van der Waals surface area (Å²) in [6.07, 6.45) is 4.71. The van der Waals surface area contributed by atoms with E-state index in [1.807, 2.05) is 17.5 Å². The summed E-state index contributed by atoms with van der Waals surface area (Å²) < 4.78 is 11.2. The van der Waals surface area contributed by atoms with E-state index in [4.69, 9.17) is 15.2 Å². The van der Waals surface area contributed by atoms with Gasteiger partial charge in [-0.1, -0.05) is 25.0 Å². The van der Waals surface area contributed by atoms with E-state index >= 15 is 0 Å². The van der Waals surface area contributed by atoms with Gasteiger partial charge in [0.2, 0.25) is 0 Å². The summed E-state index contributed by atoms with van der Waals surface area (Å²) in [4.78, 5) is 45.5. The third-order valence-corrected chi connectivity index (χ3v) is 8.91. The van der Waals surface area contributed by atoms with Gasteiger partial charge in [0.1, 0.15) is 11.4 Å². The fourth-order valence-electron chi connectivity index (χ4n) is 5.63. The number of nitrogens with one attached hydrogen (secondary N) is 2. The van der Waals surface area contributed by atoms with Gasteiger partial charge in [-0.3, -0.25) is 9.59 Å². The van der Waals surface area contributed by atoms with Crippen molar-refractivity contribution in [3.63, 3.8) is 0 Å². The Labute approximate surface area is 253 Å². The van der Waals surface area contributed by atoms with Gasteiger partial charge in [-0.15, -0.1) is 11.3 Å². The Kier molecular flexibility index (Phi) is 8.22. The van der Waals surface area contributed by atoms with Gasteiger partial charge in [0, 0.05) is 51.8 Å². The average Bonchev–Trinajstić information content (AvgIpc) is 3.70. The lowest BCUT2D eigenvalue weighted by atomic mass is 9.93. The summed E-state index contributed by atoms with van der Waals surface area (Å²) in [6, 6.07) is 16.3. The Morgan fingerprint density at radius 2 is 1.79 bits per heavy atom. The minimum absolute atomic E-state index is 0.0618. The molecule has 9 nitrogen and oxygen atoms in total. The molecular weight excluding hydrogens is 564 g/mol. The molecule has 2 aromatic carbocycles. The number of esters is 1. The molecule has 3 heterocycles. The topological polar surface area (TPSA) is 133 Å². The molecule has 4 aromatic rings. The predicted octanol–water partition coefficient (Wildman–Crippen LogP) is 5.58. The number of nitrogens with zero attached hydrogens (tertiary/aromatic N) is 1. The first kappa shape index (κ1) is 28.6. The van der Waals surface area contributed by atoms with Crippen molar-refractivity contribution in [2.45, 2.75) is 44.7 Å². The summed E-state index contributed by atoms with van der Waals surface area (Å²) in [6.45, 7) is 0.863. The van der Waals surface area contributed by atoms with E-state index in [0.29, 0.717) is 41.3 Å². The van der Waals surface area contributed by atoms with Gasteiger partial charge in [-0.25, -0.2) is 9.78 Å². The molecule has 0 saturated heterocycles. The molecule has 2 aromatic heterocycles. The van der Waals surface area contributed by atoms with E-state index in [1.165, 1.54) is 7.11 Å². The molecule has 43 heavy (non-hydrogen) atoms. The Morgan fingerprint density at radius 1 is 1.00 bits per heavy atom. The van der Waals surface area contributed by atoms with Crippen LogP contribution in [0.15, 0.2) is 60.0 Å². The van der Waals surface area contributed by atoms with Crippen molar-refractivity contribution in [1.82, 2.24) is 10.3 Å². The van der Waals surface area contributed by atoms with Gasteiger partial charge >= 0.3 is 5.97 Å². The molecule has 0 atom stereocenters. The molecule has 1 aliphatic heterocycles. The van der Waals surface area contributed by atoms with Crippen LogP contribution in [-0.4, -0.2) is 42.5 Å². The van der Waals surface area contributed by atoms with Gasteiger partial charge in [0.05, 0.1) is 13.7 Å². The number of nitrogens with two attached hydrogens (primary N) is 1. The molecule has 2 amide bonds. The molecule has 0 unspecified atom stereocenters. The number of pyridine rings is 1. The van der Waals surface area contributed by atoms with Crippen LogP contribution in [0.3, 0.4) is 0 Å². The van der Waals surface area contributed by atoms with E-state index < -0.39 is 5.97 Å². The van der Waals surface area contributed by atoms with Crippen LogP contribution >= 0.6 is 11.3 Å². The van der Waals surface area contributed by atoms with Crippen molar-refractivity contribution in [3.8, 4) is 27.3 Å². The third kappa shape index (κ3) is 5.89. The first-order chi connectivity index (χ1) is 20.9. The number of anilines is 1. The highest BCUT2D eigenvalue weighted by Crippen LogP contribution is 2.43.